The summed E-state index contributed by atoms with van der Waals surface area (Å²) in [6, 6.07) is 6.31. The SMILES string of the molecule is C[C@@H](Cc1ccc(F)cc1F)N(C)C(=O)NCc1nnc2cccnn12. The molecule has 0 unspecified atom stereocenters. The average Bonchev–Trinajstić information content (AvgIpc) is 3.04. The lowest BCUT2D eigenvalue weighted by molar-refractivity contribution is 0.192. The Balaban J connectivity index is 1.60. The van der Waals surface area contributed by atoms with Crippen LogP contribution in [0.3, 0.4) is 0 Å². The summed E-state index contributed by atoms with van der Waals surface area (Å²) < 4.78 is 28.3. The van der Waals surface area contributed by atoms with Crippen LogP contribution >= 0.6 is 0 Å². The first kappa shape index (κ1) is 17.7. The molecule has 1 N–H and O–H groups in total. The van der Waals surface area contributed by atoms with Crippen LogP contribution in [0.15, 0.2) is 36.5 Å². The van der Waals surface area contributed by atoms with Gasteiger partial charge in [-0.25, -0.2) is 13.6 Å². The second kappa shape index (κ2) is 7.42. The molecule has 7 nitrogen and oxygen atoms in total. The maximum Gasteiger partial charge on any atom is 0.317 e. The van der Waals surface area contributed by atoms with Gasteiger partial charge in [-0.3, -0.25) is 0 Å². The number of likely N-dealkylation sites (N-methyl/N-ethyl adjacent to an activating group) is 1. The van der Waals surface area contributed by atoms with E-state index >= 15 is 0 Å². The van der Waals surface area contributed by atoms with Crippen LogP contribution < -0.4 is 5.32 Å². The summed E-state index contributed by atoms with van der Waals surface area (Å²) in [7, 11) is 1.61. The average molecular weight is 360 g/mol. The summed E-state index contributed by atoms with van der Waals surface area (Å²) in [5.41, 5.74) is 0.941. The van der Waals surface area contributed by atoms with E-state index in [1.54, 1.807) is 32.3 Å². The molecule has 0 fully saturated rings. The molecule has 0 bridgehead atoms. The van der Waals surface area contributed by atoms with Crippen molar-refractivity contribution in [1.82, 2.24) is 30.0 Å². The number of amides is 2. The quantitative estimate of drug-likeness (QED) is 0.757. The standard InChI is InChI=1S/C17H18F2N6O/c1-11(8-12-5-6-13(18)9-14(12)19)24(2)17(26)20-10-16-23-22-15-4-3-7-21-25(15)16/h3-7,9,11H,8,10H2,1-2H3,(H,20,26)/t11-/m0/s1. The molecule has 0 saturated carbocycles. The first-order valence-electron chi connectivity index (χ1n) is 8.05. The van der Waals surface area contributed by atoms with Gasteiger partial charge in [-0.05, 0) is 37.1 Å². The zero-order chi connectivity index (χ0) is 18.7. The zero-order valence-corrected chi connectivity index (χ0v) is 14.4. The molecule has 0 saturated heterocycles. The lowest BCUT2D eigenvalue weighted by Gasteiger charge is -2.25. The molecule has 2 heterocycles. The third-order valence-corrected chi connectivity index (χ3v) is 4.15. The Kier molecular flexibility index (Phi) is 5.06. The van der Waals surface area contributed by atoms with E-state index in [-0.39, 0.29) is 25.0 Å². The van der Waals surface area contributed by atoms with Crippen molar-refractivity contribution >= 4 is 11.7 Å². The molecular weight excluding hydrogens is 342 g/mol. The van der Waals surface area contributed by atoms with Crippen molar-refractivity contribution in [3.63, 3.8) is 0 Å². The summed E-state index contributed by atoms with van der Waals surface area (Å²) in [4.78, 5) is 13.8. The minimum Gasteiger partial charge on any atom is -0.331 e. The Labute approximate surface area is 148 Å². The molecule has 1 aromatic carbocycles. The van der Waals surface area contributed by atoms with Crippen molar-refractivity contribution in [2.75, 3.05) is 7.05 Å². The topological polar surface area (TPSA) is 75.4 Å². The lowest BCUT2D eigenvalue weighted by Crippen LogP contribution is -2.43. The van der Waals surface area contributed by atoms with Gasteiger partial charge in [0.2, 0.25) is 0 Å². The summed E-state index contributed by atoms with van der Waals surface area (Å²) in [6.07, 6.45) is 1.87. The number of fused-ring (bicyclic) bond motifs is 1. The zero-order valence-electron chi connectivity index (χ0n) is 14.4. The first-order valence-corrected chi connectivity index (χ1v) is 8.05. The summed E-state index contributed by atoms with van der Waals surface area (Å²) in [5.74, 6) is -0.745. The molecule has 2 aromatic heterocycles. The number of carbonyl (C=O) groups excluding carboxylic acids is 1. The maximum absolute atomic E-state index is 13.8. The summed E-state index contributed by atoms with van der Waals surface area (Å²) >= 11 is 0. The number of nitrogens with one attached hydrogen (secondary N) is 1. The highest BCUT2D eigenvalue weighted by Gasteiger charge is 2.18. The predicted molar refractivity (Wildman–Crippen MR) is 90.3 cm³/mol. The van der Waals surface area contributed by atoms with Gasteiger partial charge in [-0.15, -0.1) is 10.2 Å². The summed E-state index contributed by atoms with van der Waals surface area (Å²) in [6.45, 7) is 1.94. The van der Waals surface area contributed by atoms with E-state index < -0.39 is 11.6 Å². The molecule has 9 heteroatoms. The van der Waals surface area contributed by atoms with Crippen LogP contribution in [0.1, 0.15) is 18.3 Å². The number of hydrogen-bond acceptors (Lipinski definition) is 4. The minimum atomic E-state index is -0.626. The van der Waals surface area contributed by atoms with Crippen LogP contribution in [0.2, 0.25) is 0 Å². The van der Waals surface area contributed by atoms with E-state index in [2.05, 4.69) is 20.6 Å². The first-order chi connectivity index (χ1) is 12.5. The van der Waals surface area contributed by atoms with Gasteiger partial charge < -0.3 is 10.2 Å². The van der Waals surface area contributed by atoms with Gasteiger partial charge in [0, 0.05) is 25.4 Å². The van der Waals surface area contributed by atoms with Crippen molar-refractivity contribution in [3.05, 3.63) is 59.6 Å². The Morgan fingerprint density at radius 3 is 2.88 bits per heavy atom. The van der Waals surface area contributed by atoms with Gasteiger partial charge in [-0.2, -0.15) is 9.61 Å². The Morgan fingerprint density at radius 2 is 2.12 bits per heavy atom. The van der Waals surface area contributed by atoms with Crippen LogP contribution in [0.25, 0.3) is 5.65 Å². The summed E-state index contributed by atoms with van der Waals surface area (Å²) in [5, 5.41) is 14.8. The fourth-order valence-electron chi connectivity index (χ4n) is 2.52. The van der Waals surface area contributed by atoms with E-state index in [0.29, 0.717) is 17.0 Å². The molecule has 3 aromatic rings. The van der Waals surface area contributed by atoms with E-state index in [0.717, 1.165) is 6.07 Å². The van der Waals surface area contributed by atoms with Crippen LogP contribution in [-0.2, 0) is 13.0 Å². The molecule has 26 heavy (non-hydrogen) atoms. The molecule has 3 rings (SSSR count). The Hall–Kier alpha value is -3.10. The van der Waals surface area contributed by atoms with Gasteiger partial charge in [0.05, 0.1) is 6.54 Å². The van der Waals surface area contributed by atoms with E-state index in [9.17, 15) is 13.6 Å². The number of urea groups is 1. The van der Waals surface area contributed by atoms with Crippen molar-refractivity contribution in [2.45, 2.75) is 25.9 Å². The number of carbonyl (C=O) groups is 1. The molecule has 0 aliphatic heterocycles. The van der Waals surface area contributed by atoms with Crippen LogP contribution in [-0.4, -0.2) is 43.8 Å². The largest absolute Gasteiger partial charge is 0.331 e. The van der Waals surface area contributed by atoms with Crippen molar-refractivity contribution in [2.24, 2.45) is 0 Å². The number of rotatable bonds is 5. The predicted octanol–water partition coefficient (Wildman–Crippen LogP) is 2.18. The van der Waals surface area contributed by atoms with Gasteiger partial charge >= 0.3 is 6.03 Å². The molecule has 0 spiro atoms. The highest BCUT2D eigenvalue weighted by atomic mass is 19.1. The number of benzene rings is 1. The number of halogens is 2. The Morgan fingerprint density at radius 1 is 1.31 bits per heavy atom. The van der Waals surface area contributed by atoms with Gasteiger partial charge in [0.15, 0.2) is 11.5 Å². The lowest BCUT2D eigenvalue weighted by atomic mass is 10.1. The van der Waals surface area contributed by atoms with E-state index in [4.69, 9.17) is 0 Å². The molecule has 136 valence electrons. The van der Waals surface area contributed by atoms with Crippen LogP contribution in [0.4, 0.5) is 13.6 Å². The molecular formula is C17H18F2N6O. The number of aromatic nitrogens is 4. The van der Waals surface area contributed by atoms with Crippen molar-refractivity contribution in [1.29, 1.82) is 0 Å². The second-order valence-electron chi connectivity index (χ2n) is 5.97. The van der Waals surface area contributed by atoms with Crippen LogP contribution in [0, 0.1) is 11.6 Å². The molecule has 0 aliphatic rings. The van der Waals surface area contributed by atoms with E-state index in [1.165, 1.54) is 21.5 Å². The maximum atomic E-state index is 13.8. The van der Waals surface area contributed by atoms with Gasteiger partial charge in [-0.1, -0.05) is 6.07 Å². The van der Waals surface area contributed by atoms with Gasteiger partial charge in [0.1, 0.15) is 11.6 Å². The molecule has 2 amide bonds. The van der Waals surface area contributed by atoms with Gasteiger partial charge in [0.25, 0.3) is 0 Å². The highest BCUT2D eigenvalue weighted by Crippen LogP contribution is 2.14. The molecule has 0 radical (unpaired) electrons. The minimum absolute atomic E-state index is 0.152. The molecule has 0 aliphatic carbocycles. The van der Waals surface area contributed by atoms with Crippen LogP contribution in [0.5, 0.6) is 0 Å². The highest BCUT2D eigenvalue weighted by molar-refractivity contribution is 5.74. The third-order valence-electron chi connectivity index (χ3n) is 4.15. The smallest absolute Gasteiger partial charge is 0.317 e. The third kappa shape index (κ3) is 3.76. The second-order valence-corrected chi connectivity index (χ2v) is 5.97. The fraction of sp³-hybridized carbons (Fsp3) is 0.294. The molecule has 1 atom stereocenters. The monoisotopic (exact) mass is 360 g/mol. The number of nitrogens with zero attached hydrogens (tertiary/aromatic N) is 5. The fourth-order valence-corrected chi connectivity index (χ4v) is 2.52. The normalized spacial score (nSPS) is 12.2. The van der Waals surface area contributed by atoms with Crippen molar-refractivity contribution in [3.8, 4) is 0 Å². The Bertz CT molecular complexity index is 929. The number of hydrogen-bond donors (Lipinski definition) is 1. The van der Waals surface area contributed by atoms with Crippen molar-refractivity contribution < 1.29 is 13.6 Å². The van der Waals surface area contributed by atoms with E-state index in [1.807, 2.05) is 0 Å².